The molecule has 7 heteroatoms. The number of nitrogens with one attached hydrogen (secondary N) is 3. The fourth-order valence-electron chi connectivity index (χ4n) is 1.13. The normalized spacial score (nSPS) is 10.1. The number of H-pyrrole nitrogens is 2. The summed E-state index contributed by atoms with van der Waals surface area (Å²) in [4.78, 5) is 30.8. The highest BCUT2D eigenvalue weighted by Gasteiger charge is 2.08. The zero-order chi connectivity index (χ0) is 11.5. The summed E-state index contributed by atoms with van der Waals surface area (Å²) in [5.74, 6) is -0.430. The van der Waals surface area contributed by atoms with Crippen molar-refractivity contribution >= 4 is 23.2 Å². The predicted molar refractivity (Wildman–Crippen MR) is 58.6 cm³/mol. The van der Waals surface area contributed by atoms with Crippen molar-refractivity contribution in [2.75, 3.05) is 5.32 Å². The van der Waals surface area contributed by atoms with E-state index in [-0.39, 0.29) is 10.8 Å². The quantitative estimate of drug-likeness (QED) is 0.682. The molecule has 3 N–H and O–H groups in total. The number of anilines is 1. The first-order valence-electron chi connectivity index (χ1n) is 4.36. The number of pyridine rings is 1. The Balaban J connectivity index is 2.16. The highest BCUT2D eigenvalue weighted by molar-refractivity contribution is 6.29. The van der Waals surface area contributed by atoms with Crippen molar-refractivity contribution in [3.8, 4) is 0 Å². The Labute approximate surface area is 94.7 Å². The average molecular weight is 239 g/mol. The van der Waals surface area contributed by atoms with Crippen LogP contribution in [0.15, 0.2) is 29.3 Å². The van der Waals surface area contributed by atoms with Crippen LogP contribution in [0.25, 0.3) is 0 Å². The smallest absolute Gasteiger partial charge is 0.321 e. The van der Waals surface area contributed by atoms with Crippen LogP contribution in [0, 0.1) is 0 Å². The van der Waals surface area contributed by atoms with Crippen LogP contribution in [-0.4, -0.2) is 20.9 Å². The number of hydrogen-bond donors (Lipinski definition) is 3. The molecule has 0 aliphatic heterocycles. The zero-order valence-electron chi connectivity index (χ0n) is 7.95. The number of aromatic amines is 2. The maximum absolute atomic E-state index is 11.6. The molecule has 0 aromatic carbocycles. The molecule has 0 spiro atoms. The third-order valence-electron chi connectivity index (χ3n) is 1.82. The van der Waals surface area contributed by atoms with Crippen molar-refractivity contribution in [3.05, 3.63) is 45.9 Å². The Kier molecular flexibility index (Phi) is 2.74. The van der Waals surface area contributed by atoms with Gasteiger partial charge in [-0.2, -0.15) is 0 Å². The summed E-state index contributed by atoms with van der Waals surface area (Å²) in [7, 11) is 0. The number of aromatic nitrogens is 3. The summed E-state index contributed by atoms with van der Waals surface area (Å²) in [6.07, 6.45) is 2.76. The standard InChI is InChI=1S/C9H7ClN4O2/c10-7-3-5(1-2-11-7)13-8(15)6-4-12-9(16)14-6/h1-4H,(H,11,13,15)(H2,12,14,16). The second kappa shape index (κ2) is 4.19. The molecule has 2 rings (SSSR count). The highest BCUT2D eigenvalue weighted by atomic mass is 35.5. The average Bonchev–Trinajstić information content (AvgIpc) is 2.65. The Morgan fingerprint density at radius 2 is 2.31 bits per heavy atom. The van der Waals surface area contributed by atoms with Gasteiger partial charge in [-0.1, -0.05) is 11.6 Å². The number of halogens is 1. The van der Waals surface area contributed by atoms with E-state index in [9.17, 15) is 9.59 Å². The molecule has 0 unspecified atom stereocenters. The van der Waals surface area contributed by atoms with Gasteiger partial charge in [-0.05, 0) is 12.1 Å². The van der Waals surface area contributed by atoms with Gasteiger partial charge in [-0.3, -0.25) is 4.79 Å². The van der Waals surface area contributed by atoms with Crippen LogP contribution in [0.5, 0.6) is 0 Å². The number of carbonyl (C=O) groups excluding carboxylic acids is 1. The van der Waals surface area contributed by atoms with Crippen LogP contribution in [0.2, 0.25) is 5.15 Å². The van der Waals surface area contributed by atoms with E-state index >= 15 is 0 Å². The Morgan fingerprint density at radius 3 is 2.94 bits per heavy atom. The lowest BCUT2D eigenvalue weighted by Crippen LogP contribution is -2.14. The van der Waals surface area contributed by atoms with Gasteiger partial charge in [0.2, 0.25) is 0 Å². The molecule has 0 atom stereocenters. The van der Waals surface area contributed by atoms with Gasteiger partial charge in [0.1, 0.15) is 10.8 Å². The number of hydrogen-bond acceptors (Lipinski definition) is 3. The first-order chi connectivity index (χ1) is 7.65. The molecule has 82 valence electrons. The van der Waals surface area contributed by atoms with E-state index in [1.807, 2.05) is 0 Å². The van der Waals surface area contributed by atoms with E-state index in [1.54, 1.807) is 6.07 Å². The van der Waals surface area contributed by atoms with Crippen molar-refractivity contribution in [1.29, 1.82) is 0 Å². The number of carbonyl (C=O) groups is 1. The van der Waals surface area contributed by atoms with Crippen LogP contribution in [-0.2, 0) is 0 Å². The summed E-state index contributed by atoms with van der Waals surface area (Å²) in [5, 5.41) is 2.84. The van der Waals surface area contributed by atoms with Crippen LogP contribution in [0.4, 0.5) is 5.69 Å². The van der Waals surface area contributed by atoms with Gasteiger partial charge in [-0.25, -0.2) is 9.78 Å². The van der Waals surface area contributed by atoms with Gasteiger partial charge in [0.15, 0.2) is 0 Å². The maximum atomic E-state index is 11.6. The minimum Gasteiger partial charge on any atom is -0.321 e. The van der Waals surface area contributed by atoms with E-state index in [1.165, 1.54) is 18.5 Å². The summed E-state index contributed by atoms with van der Waals surface area (Å²) < 4.78 is 0. The van der Waals surface area contributed by atoms with Crippen molar-refractivity contribution in [3.63, 3.8) is 0 Å². The highest BCUT2D eigenvalue weighted by Crippen LogP contribution is 2.12. The van der Waals surface area contributed by atoms with Crippen molar-refractivity contribution in [1.82, 2.24) is 15.0 Å². The molecule has 0 bridgehead atoms. The van der Waals surface area contributed by atoms with Crippen LogP contribution in [0.1, 0.15) is 10.5 Å². The summed E-state index contributed by atoms with van der Waals surface area (Å²) in [6.45, 7) is 0. The molecule has 0 aliphatic rings. The Bertz CT molecular complexity index is 575. The third-order valence-corrected chi connectivity index (χ3v) is 2.03. The molecule has 0 radical (unpaired) electrons. The number of imidazole rings is 1. The second-order valence-corrected chi connectivity index (χ2v) is 3.37. The fourth-order valence-corrected chi connectivity index (χ4v) is 1.31. The molecule has 0 saturated carbocycles. The minimum atomic E-state index is -0.432. The van der Waals surface area contributed by atoms with E-state index in [2.05, 4.69) is 20.3 Å². The minimum absolute atomic E-state index is 0.151. The van der Waals surface area contributed by atoms with Gasteiger partial charge in [0.25, 0.3) is 5.91 Å². The first-order valence-corrected chi connectivity index (χ1v) is 4.73. The van der Waals surface area contributed by atoms with E-state index < -0.39 is 11.6 Å². The summed E-state index contributed by atoms with van der Waals surface area (Å²) in [6, 6.07) is 3.10. The first kappa shape index (κ1) is 10.4. The van der Waals surface area contributed by atoms with Crippen molar-refractivity contribution in [2.24, 2.45) is 0 Å². The van der Waals surface area contributed by atoms with Gasteiger partial charge >= 0.3 is 5.69 Å². The number of rotatable bonds is 2. The number of nitrogens with zero attached hydrogens (tertiary/aromatic N) is 1. The molecule has 0 saturated heterocycles. The molecular formula is C9H7ClN4O2. The predicted octanol–water partition coefficient (Wildman–Crippen LogP) is 1.00. The molecular weight excluding hydrogens is 232 g/mol. The molecule has 0 aliphatic carbocycles. The summed E-state index contributed by atoms with van der Waals surface area (Å²) in [5.41, 5.74) is 0.225. The van der Waals surface area contributed by atoms with Crippen LogP contribution in [0.3, 0.4) is 0 Å². The molecule has 1 amide bonds. The second-order valence-electron chi connectivity index (χ2n) is 2.98. The number of amides is 1. The van der Waals surface area contributed by atoms with Crippen LogP contribution >= 0.6 is 11.6 Å². The topological polar surface area (TPSA) is 90.6 Å². The molecule has 0 fully saturated rings. The van der Waals surface area contributed by atoms with E-state index in [4.69, 9.17) is 11.6 Å². The molecule has 2 aromatic rings. The lowest BCUT2D eigenvalue weighted by atomic mass is 10.3. The van der Waals surface area contributed by atoms with Gasteiger partial charge in [-0.15, -0.1) is 0 Å². The van der Waals surface area contributed by atoms with Gasteiger partial charge < -0.3 is 15.3 Å². The Hall–Kier alpha value is -2.08. The van der Waals surface area contributed by atoms with Crippen molar-refractivity contribution < 1.29 is 4.79 Å². The van der Waals surface area contributed by atoms with Crippen molar-refractivity contribution in [2.45, 2.75) is 0 Å². The SMILES string of the molecule is O=C(Nc1ccnc(Cl)c1)c1c[nH]c(=O)[nH]1. The van der Waals surface area contributed by atoms with Gasteiger partial charge in [0.05, 0.1) is 0 Å². The largest absolute Gasteiger partial charge is 0.323 e. The molecule has 2 heterocycles. The third kappa shape index (κ3) is 2.29. The molecule has 6 nitrogen and oxygen atoms in total. The van der Waals surface area contributed by atoms with Gasteiger partial charge in [0, 0.05) is 18.1 Å². The van der Waals surface area contributed by atoms with E-state index in [0.29, 0.717) is 5.69 Å². The Morgan fingerprint density at radius 1 is 1.50 bits per heavy atom. The summed E-state index contributed by atoms with van der Waals surface area (Å²) >= 11 is 5.65. The molecule has 16 heavy (non-hydrogen) atoms. The maximum Gasteiger partial charge on any atom is 0.323 e. The zero-order valence-corrected chi connectivity index (χ0v) is 8.71. The fraction of sp³-hybridized carbons (Fsp3) is 0. The monoisotopic (exact) mass is 238 g/mol. The molecule has 2 aromatic heterocycles. The van der Waals surface area contributed by atoms with Crippen LogP contribution < -0.4 is 11.0 Å². The van der Waals surface area contributed by atoms with E-state index in [0.717, 1.165) is 0 Å². The lowest BCUT2D eigenvalue weighted by molar-refractivity contribution is 0.102. The lowest BCUT2D eigenvalue weighted by Gasteiger charge is -2.02.